The van der Waals surface area contributed by atoms with Crippen LogP contribution in [0.25, 0.3) is 0 Å². The second-order valence-corrected chi connectivity index (χ2v) is 8.79. The molecule has 3 rings (SSSR count). The zero-order valence-electron chi connectivity index (χ0n) is 22.8. The van der Waals surface area contributed by atoms with E-state index in [0.717, 1.165) is 0 Å². The van der Waals surface area contributed by atoms with Gasteiger partial charge in [0, 0.05) is 37.0 Å². The smallest absolute Gasteiger partial charge is 0.244 e. The highest BCUT2D eigenvalue weighted by Gasteiger charge is 2.13. The van der Waals surface area contributed by atoms with Crippen molar-refractivity contribution in [3.05, 3.63) is 83.8 Å². The van der Waals surface area contributed by atoms with E-state index in [2.05, 4.69) is 54.5 Å². The molecule has 2 amide bonds. The molecule has 0 saturated carbocycles. The Morgan fingerprint density at radius 3 is 2.49 bits per heavy atom. The summed E-state index contributed by atoms with van der Waals surface area (Å²) in [6, 6.07) is 14.1. The first-order valence-corrected chi connectivity index (χ1v) is 12.9. The molecule has 1 aromatic heterocycles. The molecule has 0 aliphatic carbocycles. The van der Waals surface area contributed by atoms with Gasteiger partial charge >= 0.3 is 0 Å². The summed E-state index contributed by atoms with van der Waals surface area (Å²) in [5.74, 6) is 5.89. The second kappa shape index (κ2) is 16.0. The van der Waals surface area contributed by atoms with Gasteiger partial charge in [-0.3, -0.25) is 9.59 Å². The average Bonchev–Trinajstić information content (AvgIpc) is 2.97. The number of aromatic nitrogens is 2. The summed E-state index contributed by atoms with van der Waals surface area (Å²) in [4.78, 5) is 32.9. The van der Waals surface area contributed by atoms with Crippen molar-refractivity contribution in [2.24, 2.45) is 0 Å². The Morgan fingerprint density at radius 2 is 1.78 bits per heavy atom. The molecule has 0 saturated heterocycles. The van der Waals surface area contributed by atoms with Crippen molar-refractivity contribution in [3.63, 3.8) is 0 Å². The number of rotatable bonds is 12. The van der Waals surface area contributed by atoms with Gasteiger partial charge in [-0.2, -0.15) is 10.2 Å². The number of anilines is 4. The lowest BCUT2D eigenvalue weighted by Crippen LogP contribution is -2.44. The summed E-state index contributed by atoms with van der Waals surface area (Å²) in [6.07, 6.45) is 5.73. The van der Waals surface area contributed by atoms with Gasteiger partial charge in [-0.25, -0.2) is 9.37 Å². The minimum absolute atomic E-state index is 0.280. The fraction of sp³-hybridized carbons (Fsp3) is 0.233. The molecular formula is C30H31FN8O2. The molecule has 2 aromatic carbocycles. The van der Waals surface area contributed by atoms with Crippen LogP contribution in [0.2, 0.25) is 0 Å². The first-order valence-electron chi connectivity index (χ1n) is 12.9. The van der Waals surface area contributed by atoms with Crippen molar-refractivity contribution in [1.29, 1.82) is 5.26 Å². The summed E-state index contributed by atoms with van der Waals surface area (Å²) < 4.78 is 13.4. The van der Waals surface area contributed by atoms with Crippen LogP contribution < -0.4 is 26.6 Å². The van der Waals surface area contributed by atoms with E-state index < -0.39 is 6.04 Å². The molecule has 10 nitrogen and oxygen atoms in total. The molecule has 0 radical (unpaired) electrons. The number of nitrogens with zero attached hydrogens (tertiary/aromatic N) is 3. The van der Waals surface area contributed by atoms with Crippen LogP contribution in [0.15, 0.2) is 66.9 Å². The lowest BCUT2D eigenvalue weighted by molar-refractivity contribution is -0.126. The highest BCUT2D eigenvalue weighted by atomic mass is 19.1. The lowest BCUT2D eigenvalue weighted by atomic mass is 10.2. The van der Waals surface area contributed by atoms with Crippen LogP contribution in [-0.2, 0) is 9.59 Å². The van der Waals surface area contributed by atoms with Gasteiger partial charge in [0.05, 0.1) is 23.4 Å². The van der Waals surface area contributed by atoms with Crippen molar-refractivity contribution in [2.75, 3.05) is 30.8 Å². The molecule has 0 unspecified atom stereocenters. The Morgan fingerprint density at radius 1 is 1.07 bits per heavy atom. The van der Waals surface area contributed by atoms with E-state index in [9.17, 15) is 14.0 Å². The van der Waals surface area contributed by atoms with E-state index in [0.29, 0.717) is 60.2 Å². The number of likely N-dealkylation sites (N-methyl/N-ethyl adjacent to an activating group) is 1. The molecule has 0 aliphatic rings. The number of unbranched alkanes of at least 4 members (excludes halogenated alkanes) is 1. The molecule has 41 heavy (non-hydrogen) atoms. The number of carbonyl (C=O) groups is 2. The second-order valence-electron chi connectivity index (χ2n) is 8.79. The zero-order valence-corrected chi connectivity index (χ0v) is 22.8. The molecule has 5 N–H and O–H groups in total. The Balaban J connectivity index is 1.59. The summed E-state index contributed by atoms with van der Waals surface area (Å²) in [7, 11) is 1.77. The van der Waals surface area contributed by atoms with Crippen LogP contribution in [0.4, 0.5) is 27.5 Å². The zero-order chi connectivity index (χ0) is 29.5. The van der Waals surface area contributed by atoms with Gasteiger partial charge in [0.25, 0.3) is 0 Å². The summed E-state index contributed by atoms with van der Waals surface area (Å²) in [5.41, 5.74) is 2.40. The topological polar surface area (TPSA) is 144 Å². The highest BCUT2D eigenvalue weighted by molar-refractivity contribution is 5.92. The largest absolute Gasteiger partial charge is 0.354 e. The Bertz CT molecular complexity index is 1460. The number of hydrogen-bond donors (Lipinski definition) is 5. The summed E-state index contributed by atoms with van der Waals surface area (Å²) in [6.45, 7) is 2.58. The number of hydrogen-bond acceptors (Lipinski definition) is 8. The van der Waals surface area contributed by atoms with Crippen LogP contribution in [0.5, 0.6) is 0 Å². The quantitative estimate of drug-likeness (QED) is 0.130. The normalized spacial score (nSPS) is 11.1. The summed E-state index contributed by atoms with van der Waals surface area (Å²) in [5, 5.41) is 23.5. The Labute approximate surface area is 238 Å². The number of nitriles is 1. The van der Waals surface area contributed by atoms with Gasteiger partial charge in [0.1, 0.15) is 11.9 Å². The highest BCUT2D eigenvalue weighted by Crippen LogP contribution is 2.21. The van der Waals surface area contributed by atoms with Gasteiger partial charge in [-0.05, 0) is 68.9 Å². The minimum atomic E-state index is -0.665. The van der Waals surface area contributed by atoms with E-state index in [1.54, 1.807) is 62.6 Å². The first kappa shape index (κ1) is 30.3. The molecule has 1 heterocycles. The van der Waals surface area contributed by atoms with Crippen molar-refractivity contribution in [2.45, 2.75) is 25.8 Å². The van der Waals surface area contributed by atoms with Crippen LogP contribution in [-0.4, -0.2) is 48.0 Å². The minimum Gasteiger partial charge on any atom is -0.354 e. The Hall–Kier alpha value is -5.26. The van der Waals surface area contributed by atoms with Crippen molar-refractivity contribution >= 4 is 35.0 Å². The van der Waals surface area contributed by atoms with Crippen LogP contribution in [0.3, 0.4) is 0 Å². The summed E-state index contributed by atoms with van der Waals surface area (Å²) >= 11 is 0. The van der Waals surface area contributed by atoms with Crippen molar-refractivity contribution < 1.29 is 14.0 Å². The van der Waals surface area contributed by atoms with Crippen molar-refractivity contribution in [3.8, 4) is 17.9 Å². The predicted molar refractivity (Wildman–Crippen MR) is 156 cm³/mol. The van der Waals surface area contributed by atoms with E-state index in [1.165, 1.54) is 18.2 Å². The monoisotopic (exact) mass is 554 g/mol. The fourth-order valence-electron chi connectivity index (χ4n) is 3.37. The molecule has 210 valence electrons. The third kappa shape index (κ3) is 10.4. The average molecular weight is 555 g/mol. The number of amides is 2. The van der Waals surface area contributed by atoms with Gasteiger partial charge < -0.3 is 26.6 Å². The standard InChI is InChI=1S/C30H31FN8O2/c1-21(36-27(40)8-6-17-33-2)29(41)34-18-5-3-4-7-23-20-35-30(38-26-13-9-22(19-32)10-14-26)39-28(23)37-25-15-11-24(31)12-16-25/h6,8-16,20-21,33H,3,5,17-18H2,1-2H3,(H,34,41)(H,36,40)(H2,35,37,38,39)/b8-6+/t21-/m0/s1. The maximum absolute atomic E-state index is 13.4. The van der Waals surface area contributed by atoms with Crippen LogP contribution >= 0.6 is 0 Å². The molecular weight excluding hydrogens is 523 g/mol. The van der Waals surface area contributed by atoms with Gasteiger partial charge in [0.2, 0.25) is 17.8 Å². The molecule has 1 atom stereocenters. The number of carbonyl (C=O) groups excluding carboxylic acids is 2. The maximum Gasteiger partial charge on any atom is 0.244 e. The third-order valence-electron chi connectivity index (χ3n) is 5.51. The molecule has 3 aromatic rings. The predicted octanol–water partition coefficient (Wildman–Crippen LogP) is 3.50. The van der Waals surface area contributed by atoms with E-state index in [-0.39, 0.29) is 17.6 Å². The lowest BCUT2D eigenvalue weighted by Gasteiger charge is -2.12. The van der Waals surface area contributed by atoms with Crippen LogP contribution in [0, 0.1) is 29.0 Å². The molecule has 11 heteroatoms. The number of nitrogens with one attached hydrogen (secondary N) is 5. The SMILES string of the molecule is CNC/C=C/C(=O)N[C@@H](C)C(=O)NCCCC#Cc1cnc(Nc2ccc(C#N)cc2)nc1Nc1ccc(F)cc1. The van der Waals surface area contributed by atoms with Crippen molar-refractivity contribution in [1.82, 2.24) is 25.9 Å². The number of halogens is 1. The van der Waals surface area contributed by atoms with Crippen LogP contribution in [0.1, 0.15) is 30.9 Å². The maximum atomic E-state index is 13.4. The van der Waals surface area contributed by atoms with Gasteiger partial charge in [-0.1, -0.05) is 17.9 Å². The van der Waals surface area contributed by atoms with Gasteiger partial charge in [-0.15, -0.1) is 0 Å². The number of benzene rings is 2. The van der Waals surface area contributed by atoms with E-state index in [1.807, 2.05) is 0 Å². The molecule has 0 fully saturated rings. The molecule has 0 bridgehead atoms. The third-order valence-corrected chi connectivity index (χ3v) is 5.51. The first-order chi connectivity index (χ1) is 19.9. The fourth-order valence-corrected chi connectivity index (χ4v) is 3.37. The Kier molecular flexibility index (Phi) is 11.8. The molecule has 0 aliphatic heterocycles. The van der Waals surface area contributed by atoms with Gasteiger partial charge in [0.15, 0.2) is 5.82 Å². The van der Waals surface area contributed by atoms with E-state index >= 15 is 0 Å². The molecule has 0 spiro atoms. The van der Waals surface area contributed by atoms with E-state index in [4.69, 9.17) is 5.26 Å².